The van der Waals surface area contributed by atoms with Crippen molar-refractivity contribution in [2.45, 2.75) is 33.6 Å². The molecule has 0 amide bonds. The van der Waals surface area contributed by atoms with Gasteiger partial charge in [0.05, 0.1) is 0 Å². The molecule has 0 aromatic rings. The quantitative estimate of drug-likeness (QED) is 0.471. The molecule has 0 saturated heterocycles. The van der Waals surface area contributed by atoms with Crippen LogP contribution in [-0.4, -0.2) is 0 Å². The molecule has 52 valence electrons. The number of unbranched alkanes of at least 4 members (excludes halogenated alkanes) is 1. The van der Waals surface area contributed by atoms with Crippen molar-refractivity contribution >= 4 is 0 Å². The zero-order chi connectivity index (χ0) is 7.70. The summed E-state index contributed by atoms with van der Waals surface area (Å²) in [7, 11) is 0. The number of terminal acetylenes is 1. The molecule has 0 nitrogen and oxygen atoms in total. The fraction of sp³-hybridized carbons (Fsp3) is 0.556. The van der Waals surface area contributed by atoms with E-state index in [1.54, 1.807) is 6.92 Å². The van der Waals surface area contributed by atoms with E-state index in [0.29, 0.717) is 0 Å². The molecule has 0 fully saturated rings. The molecular weight excluding hydrogens is 108 g/mol. The topological polar surface area (TPSA) is 0 Å². The van der Waals surface area contributed by atoms with Crippen LogP contribution in [0.2, 0.25) is 0 Å². The first-order chi connectivity index (χ1) is 4.18. The van der Waals surface area contributed by atoms with Crippen LogP contribution >= 0.6 is 0 Å². The van der Waals surface area contributed by atoms with Crippen molar-refractivity contribution in [2.75, 3.05) is 0 Å². The molecule has 0 aliphatic heterocycles. The minimum Gasteiger partial charge on any atom is -0.115 e. The molecule has 0 atom stereocenters. The maximum atomic E-state index is 4.82. The van der Waals surface area contributed by atoms with Gasteiger partial charge in [-0.05, 0) is 12.5 Å². The van der Waals surface area contributed by atoms with Crippen molar-refractivity contribution in [3.63, 3.8) is 0 Å². The van der Waals surface area contributed by atoms with Gasteiger partial charge in [0.1, 0.15) is 0 Å². The van der Waals surface area contributed by atoms with Crippen molar-refractivity contribution in [2.24, 2.45) is 0 Å². The van der Waals surface area contributed by atoms with E-state index >= 15 is 0 Å². The predicted molar refractivity (Wildman–Crippen MR) is 44.2 cm³/mol. The van der Waals surface area contributed by atoms with Gasteiger partial charge in [-0.1, -0.05) is 39.2 Å². The second-order valence-corrected chi connectivity index (χ2v) is 1.92. The largest absolute Gasteiger partial charge is 0.115 e. The lowest BCUT2D eigenvalue weighted by Gasteiger charge is -1.68. The lowest BCUT2D eigenvalue weighted by Crippen LogP contribution is -1.52. The Kier molecular flexibility index (Phi) is 12.8. The highest BCUT2D eigenvalue weighted by Crippen LogP contribution is 1.76. The fourth-order valence-corrected chi connectivity index (χ4v) is 0. The summed E-state index contributed by atoms with van der Waals surface area (Å²) in [4.78, 5) is 0. The van der Waals surface area contributed by atoms with Gasteiger partial charge >= 0.3 is 0 Å². The SMILES string of the molecule is C#CC(=C)C.CCCC. The lowest BCUT2D eigenvalue weighted by atomic mass is 10.4. The average Bonchev–Trinajstić information content (AvgIpc) is 1.89. The minimum atomic E-state index is 0.782. The van der Waals surface area contributed by atoms with Crippen molar-refractivity contribution in [3.05, 3.63) is 12.2 Å². The lowest BCUT2D eigenvalue weighted by molar-refractivity contribution is 0.886. The van der Waals surface area contributed by atoms with Gasteiger partial charge in [0, 0.05) is 0 Å². The molecule has 0 N–H and O–H groups in total. The molecule has 0 aromatic carbocycles. The van der Waals surface area contributed by atoms with E-state index in [4.69, 9.17) is 6.42 Å². The number of hydrogen-bond donors (Lipinski definition) is 0. The van der Waals surface area contributed by atoms with Crippen molar-refractivity contribution in [3.8, 4) is 12.3 Å². The van der Waals surface area contributed by atoms with Crippen LogP contribution in [0.1, 0.15) is 33.6 Å². The van der Waals surface area contributed by atoms with Crippen LogP contribution in [0.15, 0.2) is 12.2 Å². The normalized spacial score (nSPS) is 6.44. The average molecular weight is 124 g/mol. The Bertz CT molecular complexity index is 91.1. The van der Waals surface area contributed by atoms with Crippen LogP contribution in [0.5, 0.6) is 0 Å². The van der Waals surface area contributed by atoms with Gasteiger partial charge in [-0.25, -0.2) is 0 Å². The molecule has 0 radical (unpaired) electrons. The molecule has 0 unspecified atom stereocenters. The molecule has 0 aliphatic carbocycles. The van der Waals surface area contributed by atoms with Crippen molar-refractivity contribution < 1.29 is 0 Å². The smallest absolute Gasteiger partial charge is 0.00853 e. The maximum Gasteiger partial charge on any atom is -0.00853 e. The first-order valence-corrected chi connectivity index (χ1v) is 3.31. The van der Waals surface area contributed by atoms with Gasteiger partial charge < -0.3 is 0 Å². The summed E-state index contributed by atoms with van der Waals surface area (Å²) < 4.78 is 0. The van der Waals surface area contributed by atoms with Crippen LogP contribution in [0.25, 0.3) is 0 Å². The number of rotatable bonds is 1. The Morgan fingerprint density at radius 1 is 1.44 bits per heavy atom. The monoisotopic (exact) mass is 124 g/mol. The molecule has 0 saturated carbocycles. The summed E-state index contributed by atoms with van der Waals surface area (Å²) in [6.07, 6.45) is 7.46. The van der Waals surface area contributed by atoms with Gasteiger partial charge in [-0.2, -0.15) is 0 Å². The third kappa shape index (κ3) is 38.8. The Labute approximate surface area is 59.0 Å². The van der Waals surface area contributed by atoms with E-state index < -0.39 is 0 Å². The van der Waals surface area contributed by atoms with Gasteiger partial charge in [0.15, 0.2) is 0 Å². The van der Waals surface area contributed by atoms with Gasteiger partial charge in [-0.15, -0.1) is 6.42 Å². The number of hydrogen-bond acceptors (Lipinski definition) is 0. The van der Waals surface area contributed by atoms with Crippen LogP contribution in [-0.2, 0) is 0 Å². The Hall–Kier alpha value is -0.700. The molecule has 0 heteroatoms. The van der Waals surface area contributed by atoms with Crippen LogP contribution < -0.4 is 0 Å². The predicted octanol–water partition coefficient (Wildman–Crippen LogP) is 3.00. The van der Waals surface area contributed by atoms with Gasteiger partial charge in [0.25, 0.3) is 0 Å². The first-order valence-electron chi connectivity index (χ1n) is 3.31. The van der Waals surface area contributed by atoms with Crippen LogP contribution in [0.4, 0.5) is 0 Å². The first kappa shape index (κ1) is 11.1. The Morgan fingerprint density at radius 3 is 1.67 bits per heavy atom. The van der Waals surface area contributed by atoms with Crippen LogP contribution in [0, 0.1) is 12.3 Å². The molecular formula is C9H16. The summed E-state index contributed by atoms with van der Waals surface area (Å²) in [5.41, 5.74) is 0.782. The summed E-state index contributed by atoms with van der Waals surface area (Å²) in [5.74, 6) is 2.33. The zero-order valence-electron chi connectivity index (χ0n) is 6.70. The highest BCUT2D eigenvalue weighted by molar-refractivity contribution is 5.17. The summed E-state index contributed by atoms with van der Waals surface area (Å²) in [6, 6.07) is 0. The van der Waals surface area contributed by atoms with Crippen molar-refractivity contribution in [1.29, 1.82) is 0 Å². The highest BCUT2D eigenvalue weighted by Gasteiger charge is 1.59. The van der Waals surface area contributed by atoms with Gasteiger partial charge in [-0.3, -0.25) is 0 Å². The Balaban J connectivity index is 0. The molecule has 0 bridgehead atoms. The summed E-state index contributed by atoms with van der Waals surface area (Å²) >= 11 is 0. The summed E-state index contributed by atoms with van der Waals surface area (Å²) in [5, 5.41) is 0. The van der Waals surface area contributed by atoms with Gasteiger partial charge in [0.2, 0.25) is 0 Å². The third-order valence-corrected chi connectivity index (χ3v) is 0.746. The maximum absolute atomic E-state index is 4.82. The highest BCUT2D eigenvalue weighted by atomic mass is 13.6. The summed E-state index contributed by atoms with van der Waals surface area (Å²) in [6.45, 7) is 9.59. The molecule has 0 aromatic heterocycles. The molecule has 0 rings (SSSR count). The number of allylic oxidation sites excluding steroid dienone is 1. The fourth-order valence-electron chi connectivity index (χ4n) is 0. The molecule has 0 aliphatic rings. The molecule has 0 heterocycles. The Morgan fingerprint density at radius 2 is 1.67 bits per heavy atom. The van der Waals surface area contributed by atoms with E-state index in [2.05, 4.69) is 26.3 Å². The second kappa shape index (κ2) is 10.3. The second-order valence-electron chi connectivity index (χ2n) is 1.92. The minimum absolute atomic E-state index is 0.782. The molecule has 9 heavy (non-hydrogen) atoms. The van der Waals surface area contributed by atoms with E-state index in [1.807, 2.05) is 0 Å². The zero-order valence-corrected chi connectivity index (χ0v) is 6.70. The van der Waals surface area contributed by atoms with E-state index in [0.717, 1.165) is 5.57 Å². The van der Waals surface area contributed by atoms with E-state index in [9.17, 15) is 0 Å². The van der Waals surface area contributed by atoms with E-state index in [-0.39, 0.29) is 0 Å². The molecule has 0 spiro atoms. The standard InChI is InChI=1S/C5H6.C4H10/c1-4-5(2)3;1-3-4-2/h1H,2H2,3H3;3-4H2,1-2H3. The van der Waals surface area contributed by atoms with E-state index in [1.165, 1.54) is 12.8 Å². The van der Waals surface area contributed by atoms with Crippen molar-refractivity contribution in [1.82, 2.24) is 0 Å². The van der Waals surface area contributed by atoms with Crippen LogP contribution in [0.3, 0.4) is 0 Å². The third-order valence-electron chi connectivity index (χ3n) is 0.746.